The zero-order chi connectivity index (χ0) is 35.4. The first-order valence-corrected chi connectivity index (χ1v) is 17.3. The highest BCUT2D eigenvalue weighted by Crippen LogP contribution is 2.36. The minimum atomic E-state index is -4.49. The second-order valence-electron chi connectivity index (χ2n) is 13.0. The van der Waals surface area contributed by atoms with E-state index in [0.29, 0.717) is 40.8 Å². The fourth-order valence-corrected chi connectivity index (χ4v) is 7.12. The van der Waals surface area contributed by atoms with Crippen molar-refractivity contribution in [1.82, 2.24) is 15.2 Å². The van der Waals surface area contributed by atoms with Crippen molar-refractivity contribution in [2.75, 3.05) is 58.1 Å². The lowest BCUT2D eigenvalue weighted by Gasteiger charge is -2.37. The first-order chi connectivity index (χ1) is 24.1. The quantitative estimate of drug-likeness (QED) is 0.187. The van der Waals surface area contributed by atoms with Gasteiger partial charge in [0.25, 0.3) is 5.91 Å². The maximum atomic E-state index is 14.2. The Morgan fingerprint density at radius 1 is 0.960 bits per heavy atom. The molecule has 11 heteroatoms. The lowest BCUT2D eigenvalue weighted by Crippen LogP contribution is -2.40. The number of nitrogens with one attached hydrogen (secondary N) is 1. The Labute approximate surface area is 291 Å². The van der Waals surface area contributed by atoms with Crippen molar-refractivity contribution in [1.29, 1.82) is 0 Å². The Kier molecular flexibility index (Phi) is 11.0. The number of fused-ring (bicyclic) bond motifs is 1. The minimum Gasteiger partial charge on any atom is -0.481 e. The van der Waals surface area contributed by atoms with E-state index >= 15 is 0 Å². The standard InChI is InChI=1S/C39H45F3N4O4/c1-5-46(31-12-16-49-17-13-31)36-21-29(28-8-6-27(7-9-28)24-45-14-18-50-19-15-45)20-33(25(36)2)37(47)43-23-35-32-11-10-30(39(40,41)42)22-34(32)26(3)44-38(35)48-4/h6-11,20-22,31H,5,12-19,23-24H2,1-4H3,(H,43,47). The number of amides is 1. The molecule has 6 rings (SSSR count). The van der Waals surface area contributed by atoms with Crippen LogP contribution in [0.4, 0.5) is 18.9 Å². The second-order valence-corrected chi connectivity index (χ2v) is 13.0. The fraction of sp³-hybridized carbons (Fsp3) is 0.436. The predicted octanol–water partition coefficient (Wildman–Crippen LogP) is 7.31. The van der Waals surface area contributed by atoms with Crippen LogP contribution in [-0.2, 0) is 28.7 Å². The molecule has 0 radical (unpaired) electrons. The zero-order valence-electron chi connectivity index (χ0n) is 29.2. The van der Waals surface area contributed by atoms with Crippen LogP contribution in [-0.4, -0.2) is 75.0 Å². The Morgan fingerprint density at radius 2 is 1.66 bits per heavy atom. The lowest BCUT2D eigenvalue weighted by molar-refractivity contribution is -0.137. The molecule has 266 valence electrons. The van der Waals surface area contributed by atoms with Gasteiger partial charge >= 0.3 is 6.18 Å². The van der Waals surface area contributed by atoms with Crippen LogP contribution < -0.4 is 15.0 Å². The van der Waals surface area contributed by atoms with Gasteiger partial charge in [0.1, 0.15) is 0 Å². The number of carbonyl (C=O) groups excluding carboxylic acids is 1. The average Bonchev–Trinajstić information content (AvgIpc) is 3.12. The average molecular weight is 691 g/mol. The van der Waals surface area contributed by atoms with Crippen molar-refractivity contribution >= 4 is 22.4 Å². The summed E-state index contributed by atoms with van der Waals surface area (Å²) in [6.07, 6.45) is -2.69. The molecule has 2 saturated heterocycles. The minimum absolute atomic E-state index is 0.0177. The van der Waals surface area contributed by atoms with Crippen molar-refractivity contribution in [3.05, 3.63) is 88.1 Å². The molecule has 1 N–H and O–H groups in total. The molecule has 0 saturated carbocycles. The van der Waals surface area contributed by atoms with Crippen molar-refractivity contribution in [3.63, 3.8) is 0 Å². The number of halogens is 3. The summed E-state index contributed by atoms with van der Waals surface area (Å²) in [4.78, 5) is 23.4. The summed E-state index contributed by atoms with van der Waals surface area (Å²) < 4.78 is 57.4. The van der Waals surface area contributed by atoms with Gasteiger partial charge in [-0.05, 0) is 85.5 Å². The smallest absolute Gasteiger partial charge is 0.416 e. The summed E-state index contributed by atoms with van der Waals surface area (Å²) in [6.45, 7) is 12.1. The molecule has 0 unspecified atom stereocenters. The van der Waals surface area contributed by atoms with Gasteiger partial charge in [0.15, 0.2) is 0 Å². The van der Waals surface area contributed by atoms with Gasteiger partial charge in [-0.3, -0.25) is 9.69 Å². The Morgan fingerprint density at radius 3 is 2.32 bits per heavy atom. The fourth-order valence-electron chi connectivity index (χ4n) is 7.12. The van der Waals surface area contributed by atoms with E-state index in [1.165, 1.54) is 18.7 Å². The van der Waals surface area contributed by atoms with Gasteiger partial charge in [-0.25, -0.2) is 4.98 Å². The van der Waals surface area contributed by atoms with Gasteiger partial charge < -0.3 is 24.4 Å². The van der Waals surface area contributed by atoms with E-state index in [2.05, 4.69) is 57.4 Å². The molecule has 0 bridgehead atoms. The van der Waals surface area contributed by atoms with Crippen molar-refractivity contribution in [2.45, 2.75) is 58.9 Å². The molecule has 2 aliphatic rings. The van der Waals surface area contributed by atoms with Crippen LogP contribution in [0.2, 0.25) is 0 Å². The normalized spacial score (nSPS) is 16.1. The largest absolute Gasteiger partial charge is 0.481 e. The van der Waals surface area contributed by atoms with Crippen molar-refractivity contribution in [2.24, 2.45) is 0 Å². The van der Waals surface area contributed by atoms with Crippen molar-refractivity contribution in [3.8, 4) is 17.0 Å². The summed E-state index contributed by atoms with van der Waals surface area (Å²) in [5, 5.41) is 3.95. The highest BCUT2D eigenvalue weighted by molar-refractivity contribution is 5.99. The number of alkyl halides is 3. The number of methoxy groups -OCH3 is 1. The Hall–Kier alpha value is -4.19. The molecule has 2 aliphatic heterocycles. The number of ether oxygens (including phenoxy) is 3. The van der Waals surface area contributed by atoms with Gasteiger partial charge in [0, 0.05) is 79.9 Å². The number of carbonyl (C=O) groups is 1. The highest BCUT2D eigenvalue weighted by atomic mass is 19.4. The zero-order valence-corrected chi connectivity index (χ0v) is 29.2. The van der Waals surface area contributed by atoms with Crippen LogP contribution in [0, 0.1) is 13.8 Å². The molecule has 0 atom stereocenters. The van der Waals surface area contributed by atoms with E-state index in [9.17, 15) is 18.0 Å². The van der Waals surface area contributed by atoms with Crippen LogP contribution in [0.3, 0.4) is 0 Å². The van der Waals surface area contributed by atoms with E-state index in [-0.39, 0.29) is 24.4 Å². The molecule has 50 heavy (non-hydrogen) atoms. The van der Waals surface area contributed by atoms with E-state index in [4.69, 9.17) is 14.2 Å². The first-order valence-electron chi connectivity index (χ1n) is 17.3. The number of pyridine rings is 1. The Balaban J connectivity index is 1.34. The van der Waals surface area contributed by atoms with Gasteiger partial charge in [-0.15, -0.1) is 0 Å². The van der Waals surface area contributed by atoms with Crippen LogP contribution in [0.25, 0.3) is 21.9 Å². The number of anilines is 1. The maximum absolute atomic E-state index is 14.2. The predicted molar refractivity (Wildman–Crippen MR) is 189 cm³/mol. The number of morpholine rings is 1. The topological polar surface area (TPSA) is 76.2 Å². The van der Waals surface area contributed by atoms with Crippen LogP contribution in [0.5, 0.6) is 5.88 Å². The molecule has 1 aromatic heterocycles. The van der Waals surface area contributed by atoms with Crippen LogP contribution in [0.15, 0.2) is 54.6 Å². The molecular weight excluding hydrogens is 645 g/mol. The molecule has 1 amide bonds. The van der Waals surface area contributed by atoms with E-state index in [0.717, 1.165) is 86.7 Å². The molecule has 3 heterocycles. The van der Waals surface area contributed by atoms with E-state index in [1.807, 2.05) is 13.0 Å². The molecule has 2 fully saturated rings. The summed E-state index contributed by atoms with van der Waals surface area (Å²) in [5.41, 5.74) is 5.71. The number of rotatable bonds is 10. The van der Waals surface area contributed by atoms with Crippen LogP contribution >= 0.6 is 0 Å². The highest BCUT2D eigenvalue weighted by Gasteiger charge is 2.31. The number of aryl methyl sites for hydroxylation is 1. The lowest BCUT2D eigenvalue weighted by atomic mass is 9.94. The third-order valence-corrected chi connectivity index (χ3v) is 9.91. The first kappa shape index (κ1) is 35.6. The maximum Gasteiger partial charge on any atom is 0.416 e. The van der Waals surface area contributed by atoms with Gasteiger partial charge in [-0.1, -0.05) is 30.3 Å². The molecule has 4 aromatic rings. The monoisotopic (exact) mass is 690 g/mol. The third-order valence-electron chi connectivity index (χ3n) is 9.91. The number of hydrogen-bond acceptors (Lipinski definition) is 7. The van der Waals surface area contributed by atoms with Crippen LogP contribution in [0.1, 0.15) is 58.1 Å². The van der Waals surface area contributed by atoms with Gasteiger partial charge in [0.2, 0.25) is 5.88 Å². The Bertz CT molecular complexity index is 1820. The number of nitrogens with zero attached hydrogens (tertiary/aromatic N) is 3. The molecule has 0 aliphatic carbocycles. The summed E-state index contributed by atoms with van der Waals surface area (Å²) in [6, 6.07) is 16.5. The molecule has 8 nitrogen and oxygen atoms in total. The van der Waals surface area contributed by atoms with Crippen molar-refractivity contribution < 1.29 is 32.2 Å². The van der Waals surface area contributed by atoms with E-state index in [1.54, 1.807) is 6.92 Å². The second kappa shape index (κ2) is 15.4. The van der Waals surface area contributed by atoms with E-state index < -0.39 is 11.7 Å². The van der Waals surface area contributed by atoms with Gasteiger partial charge in [-0.2, -0.15) is 13.2 Å². The summed E-state index contributed by atoms with van der Waals surface area (Å²) in [5.74, 6) is -0.0321. The SMILES string of the molecule is CCN(c1cc(-c2ccc(CN3CCOCC3)cc2)cc(C(=O)NCc2c(OC)nc(C)c3cc(C(F)(F)F)ccc23)c1C)C1CCOCC1. The number of hydrogen-bond donors (Lipinski definition) is 1. The number of aromatic nitrogens is 1. The van der Waals surface area contributed by atoms with Gasteiger partial charge in [0.05, 0.1) is 25.9 Å². The number of benzene rings is 3. The molecule has 0 spiro atoms. The third kappa shape index (κ3) is 7.75. The summed E-state index contributed by atoms with van der Waals surface area (Å²) in [7, 11) is 1.46. The summed E-state index contributed by atoms with van der Waals surface area (Å²) >= 11 is 0. The molecular formula is C39H45F3N4O4. The molecule has 3 aromatic carbocycles.